The van der Waals surface area contributed by atoms with Crippen LogP contribution in [0.3, 0.4) is 0 Å². The molecule has 0 radical (unpaired) electrons. The quantitative estimate of drug-likeness (QED) is 0.652. The van der Waals surface area contributed by atoms with Crippen LogP contribution in [-0.4, -0.2) is 70.7 Å². The summed E-state index contributed by atoms with van der Waals surface area (Å²) in [6.07, 6.45) is 3.36. The Hall–Kier alpha value is -3.30. The molecule has 0 bridgehead atoms. The van der Waals surface area contributed by atoms with Crippen molar-refractivity contribution in [2.75, 3.05) is 33.3 Å². The minimum absolute atomic E-state index is 0.0595. The van der Waals surface area contributed by atoms with Crippen molar-refractivity contribution in [1.82, 2.24) is 19.4 Å². The fraction of sp³-hybridized carbons (Fsp3) is 0.615. The summed E-state index contributed by atoms with van der Waals surface area (Å²) in [5.41, 5.74) is -0.249. The van der Waals surface area contributed by atoms with E-state index in [2.05, 4.69) is 4.98 Å². The second-order valence-electron chi connectivity index (χ2n) is 9.89. The molecule has 2 aromatic rings. The lowest BCUT2D eigenvalue weighted by atomic mass is 9.81. The molecule has 1 unspecified atom stereocenters. The van der Waals surface area contributed by atoms with Gasteiger partial charge in [0.1, 0.15) is 11.9 Å². The van der Waals surface area contributed by atoms with Crippen molar-refractivity contribution in [2.24, 2.45) is 11.8 Å². The Morgan fingerprint density at radius 1 is 1.06 bits per heavy atom. The van der Waals surface area contributed by atoms with Crippen molar-refractivity contribution in [1.29, 1.82) is 0 Å². The van der Waals surface area contributed by atoms with Crippen LogP contribution >= 0.6 is 0 Å². The van der Waals surface area contributed by atoms with Gasteiger partial charge in [0.05, 0.1) is 18.0 Å². The Morgan fingerprint density at radius 3 is 2.36 bits per heavy atom. The van der Waals surface area contributed by atoms with Gasteiger partial charge in [0.25, 0.3) is 5.56 Å². The van der Waals surface area contributed by atoms with Crippen molar-refractivity contribution in [3.05, 3.63) is 39.0 Å². The number of rotatable bonds is 6. The van der Waals surface area contributed by atoms with Gasteiger partial charge in [-0.2, -0.15) is 0 Å². The zero-order valence-corrected chi connectivity index (χ0v) is 21.3. The van der Waals surface area contributed by atoms with E-state index >= 15 is 0 Å². The number of nitrogens with one attached hydrogen (secondary N) is 1. The standard InChI is InChI=1S/C26H36N4O6/c1-4-17(2)36-26(34)29-13-11-28(12-14-29)23(31)19-7-5-18(6-8-19)16-30-24(32)21-15-20(35-3)9-10-22(21)27-25(30)33/h9-10,15,17-19H,4-8,11-14,16H2,1-3H3,(H,27,33)/t17?,18-,19-. The van der Waals surface area contributed by atoms with E-state index < -0.39 is 5.69 Å². The topological polar surface area (TPSA) is 114 Å². The Kier molecular flexibility index (Phi) is 8.01. The maximum Gasteiger partial charge on any atom is 0.410 e. The average Bonchev–Trinajstić information content (AvgIpc) is 2.90. The predicted molar refractivity (Wildman–Crippen MR) is 135 cm³/mol. The monoisotopic (exact) mass is 500 g/mol. The Bertz CT molecular complexity index is 1210. The van der Waals surface area contributed by atoms with Crippen LogP contribution in [0.25, 0.3) is 10.9 Å². The maximum atomic E-state index is 13.1. The number of fused-ring (bicyclic) bond motifs is 1. The summed E-state index contributed by atoms with van der Waals surface area (Å²) in [6.45, 7) is 6.17. The maximum absolute atomic E-state index is 13.1. The second kappa shape index (κ2) is 11.2. The van der Waals surface area contributed by atoms with Crippen molar-refractivity contribution < 1.29 is 19.1 Å². The number of carbonyl (C=O) groups excluding carboxylic acids is 2. The smallest absolute Gasteiger partial charge is 0.410 e. The third-order valence-corrected chi connectivity index (χ3v) is 7.55. The molecule has 1 aliphatic carbocycles. The predicted octanol–water partition coefficient (Wildman–Crippen LogP) is 2.58. The fourth-order valence-corrected chi connectivity index (χ4v) is 5.07. The van der Waals surface area contributed by atoms with Gasteiger partial charge in [-0.25, -0.2) is 9.59 Å². The lowest BCUT2D eigenvalue weighted by Gasteiger charge is -2.37. The Balaban J connectivity index is 1.31. The minimum Gasteiger partial charge on any atom is -0.497 e. The van der Waals surface area contributed by atoms with Crippen LogP contribution in [0.1, 0.15) is 46.0 Å². The molecule has 1 aromatic carbocycles. The number of ether oxygens (including phenoxy) is 2. The lowest BCUT2D eigenvalue weighted by molar-refractivity contribution is -0.138. The molecule has 2 fully saturated rings. The number of benzene rings is 1. The van der Waals surface area contributed by atoms with Crippen molar-refractivity contribution in [2.45, 2.75) is 58.6 Å². The molecular weight excluding hydrogens is 464 g/mol. The van der Waals surface area contributed by atoms with Crippen LogP contribution < -0.4 is 16.0 Å². The van der Waals surface area contributed by atoms with Gasteiger partial charge in [0.2, 0.25) is 5.91 Å². The minimum atomic E-state index is -0.416. The molecule has 2 heterocycles. The van der Waals surface area contributed by atoms with Crippen LogP contribution in [0.15, 0.2) is 27.8 Å². The fourth-order valence-electron chi connectivity index (χ4n) is 5.07. The van der Waals surface area contributed by atoms with Crippen LogP contribution in [-0.2, 0) is 16.1 Å². The van der Waals surface area contributed by atoms with Crippen molar-refractivity contribution >= 4 is 22.9 Å². The third kappa shape index (κ3) is 5.57. The number of carbonyl (C=O) groups is 2. The first kappa shape index (κ1) is 25.8. The first-order chi connectivity index (χ1) is 17.3. The highest BCUT2D eigenvalue weighted by atomic mass is 16.6. The summed E-state index contributed by atoms with van der Waals surface area (Å²) in [4.78, 5) is 57.2. The summed E-state index contributed by atoms with van der Waals surface area (Å²) in [6, 6.07) is 5.02. The Labute approximate surface area is 210 Å². The highest BCUT2D eigenvalue weighted by Gasteiger charge is 2.32. The molecule has 1 aliphatic heterocycles. The van der Waals surface area contributed by atoms with Gasteiger partial charge in [-0.05, 0) is 63.1 Å². The number of methoxy groups -OCH3 is 1. The van der Waals surface area contributed by atoms with Gasteiger partial charge in [0.15, 0.2) is 0 Å². The van der Waals surface area contributed by atoms with Crippen LogP contribution in [0.2, 0.25) is 0 Å². The molecule has 10 heteroatoms. The molecule has 1 saturated heterocycles. The van der Waals surface area contributed by atoms with E-state index in [1.807, 2.05) is 18.7 Å². The van der Waals surface area contributed by atoms with Crippen molar-refractivity contribution in [3.8, 4) is 5.75 Å². The first-order valence-corrected chi connectivity index (χ1v) is 12.9. The van der Waals surface area contributed by atoms with Gasteiger partial charge in [-0.1, -0.05) is 6.92 Å². The summed E-state index contributed by atoms with van der Waals surface area (Å²) >= 11 is 0. The number of aromatic nitrogens is 2. The SMILES string of the molecule is CCC(C)OC(=O)N1CCN(C(=O)[C@H]2CC[C@H](Cn3c(=O)[nH]c4ccc(OC)cc4c3=O)CC2)CC1. The summed E-state index contributed by atoms with van der Waals surface area (Å²) in [7, 11) is 1.53. The molecule has 2 amide bonds. The van der Waals surface area contributed by atoms with E-state index in [4.69, 9.17) is 9.47 Å². The largest absolute Gasteiger partial charge is 0.497 e. The van der Waals surface area contributed by atoms with E-state index in [9.17, 15) is 19.2 Å². The van der Waals surface area contributed by atoms with E-state index in [0.29, 0.717) is 49.4 Å². The molecule has 1 aromatic heterocycles. The van der Waals surface area contributed by atoms with Gasteiger partial charge >= 0.3 is 11.8 Å². The summed E-state index contributed by atoms with van der Waals surface area (Å²) < 4.78 is 11.9. The highest BCUT2D eigenvalue weighted by Crippen LogP contribution is 2.31. The van der Waals surface area contributed by atoms with Crippen LogP contribution in [0.4, 0.5) is 4.79 Å². The number of piperazine rings is 1. The lowest BCUT2D eigenvalue weighted by Crippen LogP contribution is -2.52. The normalized spacial score (nSPS) is 21.3. The molecule has 36 heavy (non-hydrogen) atoms. The molecule has 1 N–H and O–H groups in total. The van der Waals surface area contributed by atoms with Gasteiger partial charge in [-0.15, -0.1) is 0 Å². The van der Waals surface area contributed by atoms with E-state index in [0.717, 1.165) is 32.1 Å². The van der Waals surface area contributed by atoms with Gasteiger partial charge < -0.3 is 24.3 Å². The zero-order valence-electron chi connectivity index (χ0n) is 21.3. The average molecular weight is 501 g/mol. The van der Waals surface area contributed by atoms with Gasteiger partial charge in [-0.3, -0.25) is 14.2 Å². The van der Waals surface area contributed by atoms with Crippen LogP contribution in [0.5, 0.6) is 5.75 Å². The molecule has 196 valence electrons. The molecule has 2 aliphatic rings. The summed E-state index contributed by atoms with van der Waals surface area (Å²) in [5.74, 6) is 0.792. The number of amides is 2. The number of hydrogen-bond donors (Lipinski definition) is 1. The number of hydrogen-bond acceptors (Lipinski definition) is 6. The molecule has 4 rings (SSSR count). The molecule has 1 atom stereocenters. The second-order valence-corrected chi connectivity index (χ2v) is 9.89. The summed E-state index contributed by atoms with van der Waals surface area (Å²) in [5, 5.41) is 0.421. The molecule has 0 spiro atoms. The van der Waals surface area contributed by atoms with Crippen LogP contribution in [0, 0.1) is 11.8 Å². The highest BCUT2D eigenvalue weighted by molar-refractivity contribution is 5.80. The number of aromatic amines is 1. The van der Waals surface area contributed by atoms with E-state index in [1.165, 1.54) is 11.7 Å². The third-order valence-electron chi connectivity index (χ3n) is 7.55. The molecule has 10 nitrogen and oxygen atoms in total. The number of H-pyrrole nitrogens is 1. The first-order valence-electron chi connectivity index (χ1n) is 12.9. The molecular formula is C26H36N4O6. The number of nitrogens with zero attached hydrogens (tertiary/aromatic N) is 3. The molecule has 1 saturated carbocycles. The van der Waals surface area contributed by atoms with Crippen molar-refractivity contribution in [3.63, 3.8) is 0 Å². The Morgan fingerprint density at radius 2 is 1.72 bits per heavy atom. The van der Waals surface area contributed by atoms with E-state index in [1.54, 1.807) is 23.1 Å². The zero-order chi connectivity index (χ0) is 25.8. The van der Waals surface area contributed by atoms with Gasteiger partial charge in [0, 0.05) is 38.6 Å². The van der Waals surface area contributed by atoms with E-state index in [-0.39, 0.29) is 35.5 Å².